The van der Waals surface area contributed by atoms with Crippen LogP contribution in [0.25, 0.3) is 11.1 Å². The van der Waals surface area contributed by atoms with Crippen molar-refractivity contribution >= 4 is 24.0 Å². The Morgan fingerprint density at radius 1 is 0.481 bits per heavy atom. The van der Waals surface area contributed by atoms with Crippen LogP contribution in [0, 0.1) is 0 Å². The summed E-state index contributed by atoms with van der Waals surface area (Å²) in [5, 5.41) is 0. The van der Waals surface area contributed by atoms with Crippen molar-refractivity contribution in [2.24, 2.45) is 0 Å². The Labute approximate surface area is 455 Å². The number of hydrogen-bond acceptors (Lipinski definition) is 19. The summed E-state index contributed by atoms with van der Waals surface area (Å²) in [4.78, 5) is 59.0. The topological polar surface area (TPSA) is 207 Å². The molecule has 2 aliphatic rings. The van der Waals surface area contributed by atoms with E-state index in [0.29, 0.717) is 17.4 Å². The van der Waals surface area contributed by atoms with Gasteiger partial charge in [0, 0.05) is 46.0 Å². The third-order valence-corrected chi connectivity index (χ3v) is 11.9. The van der Waals surface area contributed by atoms with Gasteiger partial charge in [-0.1, -0.05) is 121 Å². The predicted octanol–water partition coefficient (Wildman–Crippen LogP) is 9.23. The summed E-state index contributed by atoms with van der Waals surface area (Å²) >= 11 is 0. The van der Waals surface area contributed by atoms with E-state index in [1.807, 2.05) is 72.8 Å². The van der Waals surface area contributed by atoms with Gasteiger partial charge < -0.3 is 71.1 Å². The lowest BCUT2D eigenvalue weighted by molar-refractivity contribution is -0.235. The van der Waals surface area contributed by atoms with Gasteiger partial charge in [-0.25, -0.2) is 9.59 Å². The van der Waals surface area contributed by atoms with Gasteiger partial charge >= 0.3 is 11.9 Å². The highest BCUT2D eigenvalue weighted by molar-refractivity contribution is 6.10. The number of esters is 2. The van der Waals surface area contributed by atoms with Crippen LogP contribution in [-0.4, -0.2) is 98.6 Å². The van der Waals surface area contributed by atoms with E-state index in [1.165, 1.54) is 46.6 Å². The molecule has 19 heteroatoms. The normalized spacial score (nSPS) is 14.1. The Bertz CT molecular complexity index is 3040. The first-order valence-corrected chi connectivity index (χ1v) is 24.8. The van der Waals surface area contributed by atoms with E-state index < -0.39 is 61.1 Å². The third-order valence-electron chi connectivity index (χ3n) is 11.9. The lowest BCUT2D eigenvalue weighted by Crippen LogP contribution is -2.50. The van der Waals surface area contributed by atoms with Crippen molar-refractivity contribution in [2.75, 3.05) is 68.8 Å². The highest BCUT2D eigenvalue weighted by atomic mass is 16.7. The summed E-state index contributed by atoms with van der Waals surface area (Å²) in [5.41, 5.74) is 1.44. The molecule has 6 aromatic carbocycles. The molecule has 0 atom stereocenters. The predicted molar refractivity (Wildman–Crippen MR) is 281 cm³/mol. The lowest BCUT2D eigenvalue weighted by atomic mass is 9.91. The number of carbonyl (C=O) groups is 4. The minimum Gasteiger partial charge on any atom is -0.487 e. The van der Waals surface area contributed by atoms with Crippen molar-refractivity contribution in [2.45, 2.75) is 38.6 Å². The summed E-state index contributed by atoms with van der Waals surface area (Å²) in [6.07, 6.45) is 1.78. The van der Waals surface area contributed by atoms with E-state index in [-0.39, 0.29) is 109 Å². The van der Waals surface area contributed by atoms with Gasteiger partial charge in [0.15, 0.2) is 68.0 Å². The molecule has 0 saturated carbocycles. The highest BCUT2D eigenvalue weighted by Gasteiger charge is 2.53. The number of fused-ring (bicyclic) bond motifs is 3. The van der Waals surface area contributed by atoms with E-state index in [0.717, 1.165) is 11.1 Å². The number of Topliss-reactive ketones (excluding diaryl/α,β-unsaturated/α-hetero) is 1. The number of ether oxygens (including phenoxy) is 15. The molecule has 0 fully saturated rings. The molecule has 1 heterocycles. The summed E-state index contributed by atoms with van der Waals surface area (Å²) < 4.78 is 91.4. The average Bonchev–Trinajstić information content (AvgIpc) is 3.70. The molecule has 0 radical (unpaired) electrons. The zero-order valence-electron chi connectivity index (χ0n) is 43.9. The van der Waals surface area contributed by atoms with Crippen molar-refractivity contribution in [3.63, 3.8) is 0 Å². The zero-order chi connectivity index (χ0) is 55.4. The van der Waals surface area contributed by atoms with Gasteiger partial charge in [0.25, 0.3) is 11.6 Å². The molecule has 8 rings (SSSR count). The van der Waals surface area contributed by atoms with Gasteiger partial charge in [0.05, 0.1) is 43.1 Å². The van der Waals surface area contributed by atoms with Crippen LogP contribution in [0.4, 0.5) is 0 Å². The minimum absolute atomic E-state index is 0.0394. The molecule has 0 bridgehead atoms. The molecule has 412 valence electrons. The van der Waals surface area contributed by atoms with Crippen LogP contribution in [0.3, 0.4) is 0 Å². The summed E-state index contributed by atoms with van der Waals surface area (Å²) in [7, 11) is 5.46. The maximum atomic E-state index is 16.0. The van der Waals surface area contributed by atoms with Crippen molar-refractivity contribution in [3.8, 4) is 45.6 Å². The van der Waals surface area contributed by atoms with Crippen molar-refractivity contribution in [1.82, 2.24) is 0 Å². The largest absolute Gasteiger partial charge is 0.487 e. The van der Waals surface area contributed by atoms with Crippen LogP contribution >= 0.6 is 0 Å². The number of allylic oxidation sites excluding steroid dienone is 2. The molecule has 0 unspecified atom stereocenters. The van der Waals surface area contributed by atoms with Gasteiger partial charge in [0.1, 0.15) is 13.2 Å². The van der Waals surface area contributed by atoms with Crippen molar-refractivity contribution in [1.29, 1.82) is 0 Å². The van der Waals surface area contributed by atoms with Crippen LogP contribution in [0.5, 0.6) is 34.5 Å². The van der Waals surface area contributed by atoms with Crippen LogP contribution in [0.15, 0.2) is 157 Å². The average molecular weight is 1080 g/mol. The number of benzene rings is 6. The van der Waals surface area contributed by atoms with Crippen molar-refractivity contribution in [3.05, 3.63) is 190 Å². The minimum atomic E-state index is -2.47. The van der Waals surface area contributed by atoms with Crippen LogP contribution in [0.1, 0.15) is 49.4 Å². The van der Waals surface area contributed by atoms with E-state index in [1.54, 1.807) is 48.5 Å². The second-order valence-electron chi connectivity index (χ2n) is 17.3. The maximum Gasteiger partial charge on any atom is 0.339 e. The van der Waals surface area contributed by atoms with E-state index in [4.69, 9.17) is 71.1 Å². The van der Waals surface area contributed by atoms with Gasteiger partial charge in [-0.3, -0.25) is 9.59 Å². The summed E-state index contributed by atoms with van der Waals surface area (Å²) in [6, 6.07) is 39.0. The van der Waals surface area contributed by atoms with E-state index in [9.17, 15) is 14.4 Å². The number of aldehydes is 1. The molecule has 0 aromatic heterocycles. The Balaban J connectivity index is 1.42. The number of carbonyl (C=O) groups excluding carboxylic acids is 4. The number of hydrogen-bond donors (Lipinski definition) is 0. The van der Waals surface area contributed by atoms with Crippen molar-refractivity contribution < 1.29 is 90.2 Å². The Hall–Kier alpha value is -8.56. The van der Waals surface area contributed by atoms with Gasteiger partial charge in [-0.2, -0.15) is 0 Å². The first kappa shape index (κ1) is 56.6. The molecule has 19 nitrogen and oxygen atoms in total. The Kier molecular flexibility index (Phi) is 20.2. The van der Waals surface area contributed by atoms with E-state index in [2.05, 4.69) is 0 Å². The monoisotopic (exact) mass is 1080 g/mol. The highest BCUT2D eigenvalue weighted by Crippen LogP contribution is 2.56. The second-order valence-corrected chi connectivity index (χ2v) is 17.3. The number of rotatable bonds is 27. The van der Waals surface area contributed by atoms with Crippen LogP contribution in [0.2, 0.25) is 0 Å². The maximum absolute atomic E-state index is 16.0. The Morgan fingerprint density at radius 3 is 1.33 bits per heavy atom. The standard InChI is InChI=1S/C60H58O19/c1-65-36-73-47-29-45-50(55(75-38-67-3)53(47)72-33-41-20-11-6-12-21-41)51-46(59(64)70-27-17-26-69-58(45)63)30-48(74-37-66-2)54(56(51)76-39-68-4)79-52-44(31-61)28-49(71-32-40-18-9-5-10-19-40)60(57(52)62,77-34-42-22-13-7-14-23-42)78-35-43-24-15-8-16-25-43/h5-16,18-25,28-31H,17,26-27,32-39H2,1-4H3. The quantitative estimate of drug-likeness (QED) is 0.0268. The Morgan fingerprint density at radius 2 is 0.886 bits per heavy atom. The molecule has 0 saturated heterocycles. The second kappa shape index (κ2) is 28.2. The fourth-order valence-electron chi connectivity index (χ4n) is 8.22. The smallest absolute Gasteiger partial charge is 0.339 e. The molecule has 0 spiro atoms. The summed E-state index contributed by atoms with van der Waals surface area (Å²) in [6.45, 7) is -2.75. The number of ketones is 1. The molecular formula is C60H58O19. The van der Waals surface area contributed by atoms with Crippen LogP contribution in [-0.2, 0) is 78.6 Å². The van der Waals surface area contributed by atoms with Gasteiger partial charge in [-0.05, 0) is 40.5 Å². The molecule has 0 amide bonds. The number of methoxy groups -OCH3 is 4. The number of cyclic esters (lactones) is 2. The fourth-order valence-corrected chi connectivity index (χ4v) is 8.22. The molecule has 0 N–H and O–H groups in total. The molecule has 1 aliphatic carbocycles. The first-order valence-electron chi connectivity index (χ1n) is 24.8. The molecule has 79 heavy (non-hydrogen) atoms. The third kappa shape index (κ3) is 13.8. The van der Waals surface area contributed by atoms with Gasteiger partial charge in [-0.15, -0.1) is 0 Å². The molecular weight excluding hydrogens is 1020 g/mol. The summed E-state index contributed by atoms with van der Waals surface area (Å²) in [5.74, 6) is -7.70. The van der Waals surface area contributed by atoms with Crippen LogP contribution < -0.4 is 28.4 Å². The zero-order valence-corrected chi connectivity index (χ0v) is 43.9. The SMILES string of the molecule is COCOc1cc2c(c(OCOC)c1OCc1ccccc1)-c1c(cc(OCOC)c(OC3=C(C=O)C=C(OCc4ccccc4)C(OCc4ccccc4)(OCc4ccccc4)C3=O)c1OCOC)C(=O)OCCCOC2=O. The lowest BCUT2D eigenvalue weighted by Gasteiger charge is -2.37. The molecule has 6 aromatic rings. The first-order chi connectivity index (χ1) is 38.7. The van der Waals surface area contributed by atoms with E-state index >= 15 is 4.79 Å². The fraction of sp³-hybridized carbons (Fsp3) is 0.267. The van der Waals surface area contributed by atoms with Gasteiger partial charge in [0.2, 0.25) is 11.5 Å². The molecule has 1 aliphatic heterocycles.